The summed E-state index contributed by atoms with van der Waals surface area (Å²) in [6.45, 7) is 3.85. The average Bonchev–Trinajstić information content (AvgIpc) is 3.15. The second-order valence-corrected chi connectivity index (χ2v) is 8.93. The van der Waals surface area contributed by atoms with E-state index in [1.807, 2.05) is 13.8 Å². The van der Waals surface area contributed by atoms with Crippen molar-refractivity contribution in [3.8, 4) is 11.1 Å². The van der Waals surface area contributed by atoms with Gasteiger partial charge in [0.15, 0.2) is 0 Å². The molecule has 34 heavy (non-hydrogen) atoms. The molecule has 1 aliphatic rings. The number of rotatable bonds is 4. The average molecular weight is 440 g/mol. The molecule has 3 nitrogen and oxygen atoms in total. The quantitative estimate of drug-likeness (QED) is 0.317. The van der Waals surface area contributed by atoms with Gasteiger partial charge in [0.2, 0.25) is 0 Å². The van der Waals surface area contributed by atoms with Gasteiger partial charge in [-0.05, 0) is 52.8 Å². The first-order valence-electron chi connectivity index (χ1n) is 11.7. The van der Waals surface area contributed by atoms with Crippen molar-refractivity contribution >= 4 is 0 Å². The Bertz CT molecular complexity index is 1430. The molecule has 0 radical (unpaired) electrons. The standard InChI is InChI=1S/C31H25N3/c1-21-32-22(2)34-30(33-21)20-23-17-18-27-26-15-9-10-16-28(26)31(29(27)19-23,24-11-5-3-6-12-24)25-13-7-4-8-14-25/h3-19H,20H2,1-2H3. The van der Waals surface area contributed by atoms with Gasteiger partial charge in [0, 0.05) is 6.42 Å². The minimum Gasteiger partial charge on any atom is -0.219 e. The van der Waals surface area contributed by atoms with Crippen LogP contribution >= 0.6 is 0 Å². The normalized spacial score (nSPS) is 13.4. The molecule has 0 unspecified atom stereocenters. The van der Waals surface area contributed by atoms with Gasteiger partial charge in [0.05, 0.1) is 5.41 Å². The maximum Gasteiger partial charge on any atom is 0.136 e. The first-order chi connectivity index (χ1) is 16.7. The number of hydrogen-bond donors (Lipinski definition) is 0. The summed E-state index contributed by atoms with van der Waals surface area (Å²) in [4.78, 5) is 13.5. The third kappa shape index (κ3) is 3.16. The zero-order valence-electron chi connectivity index (χ0n) is 19.4. The Morgan fingerprint density at radius 2 is 1.12 bits per heavy atom. The Hall–Kier alpha value is -4.11. The zero-order valence-corrected chi connectivity index (χ0v) is 19.4. The smallest absolute Gasteiger partial charge is 0.136 e. The molecule has 0 saturated heterocycles. The van der Waals surface area contributed by atoms with Crippen LogP contribution in [-0.4, -0.2) is 15.0 Å². The minimum atomic E-state index is -0.380. The van der Waals surface area contributed by atoms with Crippen molar-refractivity contribution in [2.75, 3.05) is 0 Å². The third-order valence-corrected chi connectivity index (χ3v) is 6.79. The van der Waals surface area contributed by atoms with Gasteiger partial charge in [0.25, 0.3) is 0 Å². The maximum atomic E-state index is 4.59. The van der Waals surface area contributed by atoms with E-state index in [0.717, 1.165) is 17.5 Å². The van der Waals surface area contributed by atoms with Crippen LogP contribution in [0.3, 0.4) is 0 Å². The molecule has 1 heterocycles. The van der Waals surface area contributed by atoms with Gasteiger partial charge < -0.3 is 0 Å². The van der Waals surface area contributed by atoms with Crippen molar-refractivity contribution in [3.05, 3.63) is 148 Å². The Morgan fingerprint density at radius 1 is 0.559 bits per heavy atom. The Balaban J connectivity index is 1.62. The molecule has 0 saturated carbocycles. The summed E-state index contributed by atoms with van der Waals surface area (Å²) in [6.07, 6.45) is 0.674. The topological polar surface area (TPSA) is 38.7 Å². The van der Waals surface area contributed by atoms with Crippen molar-refractivity contribution in [2.45, 2.75) is 25.7 Å². The number of aromatic nitrogens is 3. The monoisotopic (exact) mass is 439 g/mol. The fourth-order valence-corrected chi connectivity index (χ4v) is 5.55. The van der Waals surface area contributed by atoms with Crippen molar-refractivity contribution in [3.63, 3.8) is 0 Å². The minimum absolute atomic E-state index is 0.380. The van der Waals surface area contributed by atoms with E-state index < -0.39 is 0 Å². The van der Waals surface area contributed by atoms with Gasteiger partial charge in [-0.3, -0.25) is 0 Å². The predicted octanol–water partition coefficient (Wildman–Crippen LogP) is 6.44. The van der Waals surface area contributed by atoms with E-state index in [4.69, 9.17) is 0 Å². The van der Waals surface area contributed by atoms with Crippen LogP contribution in [0.2, 0.25) is 0 Å². The first-order valence-corrected chi connectivity index (χ1v) is 11.7. The SMILES string of the molecule is Cc1nc(C)nc(Cc2ccc3c(c2)C(c2ccccc2)(c2ccccc2)c2ccccc2-3)n1. The van der Waals surface area contributed by atoms with E-state index >= 15 is 0 Å². The van der Waals surface area contributed by atoms with Crippen molar-refractivity contribution in [1.82, 2.24) is 15.0 Å². The van der Waals surface area contributed by atoms with E-state index in [9.17, 15) is 0 Å². The molecule has 0 atom stereocenters. The number of fused-ring (bicyclic) bond motifs is 3. The zero-order chi connectivity index (χ0) is 23.1. The third-order valence-electron chi connectivity index (χ3n) is 6.79. The molecule has 0 N–H and O–H groups in total. The van der Waals surface area contributed by atoms with E-state index in [1.165, 1.54) is 38.9 Å². The molecule has 0 aliphatic heterocycles. The number of aryl methyl sites for hydroxylation is 2. The molecule has 3 heteroatoms. The summed E-state index contributed by atoms with van der Waals surface area (Å²) in [6, 6.07) is 37.4. The van der Waals surface area contributed by atoms with E-state index in [-0.39, 0.29) is 5.41 Å². The van der Waals surface area contributed by atoms with Crippen LogP contribution in [0.1, 0.15) is 45.3 Å². The van der Waals surface area contributed by atoms with Crippen LogP contribution in [0.25, 0.3) is 11.1 Å². The molecular weight excluding hydrogens is 414 g/mol. The molecule has 1 aliphatic carbocycles. The van der Waals surface area contributed by atoms with Crippen molar-refractivity contribution in [1.29, 1.82) is 0 Å². The highest BCUT2D eigenvalue weighted by Gasteiger charge is 2.45. The predicted molar refractivity (Wildman–Crippen MR) is 136 cm³/mol. The highest BCUT2D eigenvalue weighted by atomic mass is 15.0. The molecule has 4 aromatic carbocycles. The Kier molecular flexibility index (Phi) is 4.84. The fourth-order valence-electron chi connectivity index (χ4n) is 5.55. The van der Waals surface area contributed by atoms with Gasteiger partial charge in [-0.15, -0.1) is 0 Å². The lowest BCUT2D eigenvalue weighted by Crippen LogP contribution is -2.28. The molecule has 6 rings (SSSR count). The highest BCUT2D eigenvalue weighted by Crippen LogP contribution is 2.56. The van der Waals surface area contributed by atoms with E-state index in [1.54, 1.807) is 0 Å². The van der Waals surface area contributed by atoms with Crippen molar-refractivity contribution < 1.29 is 0 Å². The fraction of sp³-hybridized carbons (Fsp3) is 0.129. The van der Waals surface area contributed by atoms with Gasteiger partial charge >= 0.3 is 0 Å². The number of hydrogen-bond acceptors (Lipinski definition) is 3. The summed E-state index contributed by atoms with van der Waals surface area (Å²) in [7, 11) is 0. The molecule has 0 amide bonds. The second-order valence-electron chi connectivity index (χ2n) is 8.93. The summed E-state index contributed by atoms with van der Waals surface area (Å²) in [5, 5.41) is 0. The van der Waals surface area contributed by atoms with Crippen LogP contribution < -0.4 is 0 Å². The lowest BCUT2D eigenvalue weighted by atomic mass is 9.67. The molecule has 5 aromatic rings. The van der Waals surface area contributed by atoms with Crippen LogP contribution in [-0.2, 0) is 11.8 Å². The summed E-state index contributed by atoms with van der Waals surface area (Å²) in [5.41, 5.74) is 8.59. The van der Waals surface area contributed by atoms with Crippen LogP contribution in [0.15, 0.2) is 103 Å². The molecule has 0 spiro atoms. The van der Waals surface area contributed by atoms with Crippen LogP contribution in [0.4, 0.5) is 0 Å². The van der Waals surface area contributed by atoms with Gasteiger partial charge in [0.1, 0.15) is 17.5 Å². The van der Waals surface area contributed by atoms with Gasteiger partial charge in [-0.25, -0.2) is 15.0 Å². The molecule has 1 aromatic heterocycles. The largest absolute Gasteiger partial charge is 0.219 e. The van der Waals surface area contributed by atoms with Crippen LogP contribution in [0, 0.1) is 13.8 Å². The van der Waals surface area contributed by atoms with Gasteiger partial charge in [-0.1, -0.05) is 103 Å². The Labute approximate surface area is 200 Å². The number of benzene rings is 4. The van der Waals surface area contributed by atoms with Crippen LogP contribution in [0.5, 0.6) is 0 Å². The van der Waals surface area contributed by atoms with Gasteiger partial charge in [-0.2, -0.15) is 0 Å². The maximum absolute atomic E-state index is 4.59. The first kappa shape index (κ1) is 20.5. The van der Waals surface area contributed by atoms with Crippen molar-refractivity contribution in [2.24, 2.45) is 0 Å². The van der Waals surface area contributed by atoms with E-state index in [2.05, 4.69) is 118 Å². The lowest BCUT2D eigenvalue weighted by molar-refractivity contribution is 0.765. The molecular formula is C31H25N3. The highest BCUT2D eigenvalue weighted by molar-refractivity contribution is 5.86. The Morgan fingerprint density at radius 3 is 1.76 bits per heavy atom. The second kappa shape index (κ2) is 8.03. The summed E-state index contributed by atoms with van der Waals surface area (Å²) in [5.74, 6) is 2.34. The molecule has 0 fully saturated rings. The summed E-state index contributed by atoms with van der Waals surface area (Å²) >= 11 is 0. The summed E-state index contributed by atoms with van der Waals surface area (Å²) < 4.78 is 0. The lowest BCUT2D eigenvalue weighted by Gasteiger charge is -2.34. The van der Waals surface area contributed by atoms with E-state index in [0.29, 0.717) is 6.42 Å². The molecule has 0 bridgehead atoms. The number of nitrogens with zero attached hydrogens (tertiary/aromatic N) is 3. The molecule has 164 valence electrons.